The van der Waals surface area contributed by atoms with Crippen molar-refractivity contribution in [3.8, 4) is 11.5 Å². The maximum atomic E-state index is 12.2. The van der Waals surface area contributed by atoms with Crippen molar-refractivity contribution in [3.63, 3.8) is 0 Å². The van der Waals surface area contributed by atoms with Gasteiger partial charge in [0.1, 0.15) is 0 Å². The van der Waals surface area contributed by atoms with E-state index in [0.717, 1.165) is 18.4 Å². The first kappa shape index (κ1) is 19.3. The number of hydrogen-bond donors (Lipinski definition) is 1. The Morgan fingerprint density at radius 2 is 1.96 bits per heavy atom. The fourth-order valence-corrected chi connectivity index (χ4v) is 3.70. The second kappa shape index (κ2) is 10.0. The van der Waals surface area contributed by atoms with Crippen LogP contribution in [0.5, 0.6) is 11.5 Å². The highest BCUT2D eigenvalue weighted by atomic mass is 35.5. The molecule has 0 atom stereocenters. The van der Waals surface area contributed by atoms with Crippen LogP contribution in [0.2, 0.25) is 5.02 Å². The third-order valence-corrected chi connectivity index (χ3v) is 5.06. The third-order valence-electron chi connectivity index (χ3n) is 4.78. The molecule has 1 aliphatic heterocycles. The number of halogens is 1. The molecule has 5 nitrogen and oxygen atoms in total. The number of hydrogen-bond acceptors (Lipinski definition) is 4. The average Bonchev–Trinajstić information content (AvgIpc) is 2.88. The van der Waals surface area contributed by atoms with E-state index in [4.69, 9.17) is 25.8 Å². The van der Waals surface area contributed by atoms with Crippen molar-refractivity contribution in [2.75, 3.05) is 26.4 Å². The highest BCUT2D eigenvalue weighted by molar-refractivity contribution is 6.32. The molecule has 3 rings (SSSR count). The fourth-order valence-electron chi connectivity index (χ4n) is 3.42. The van der Waals surface area contributed by atoms with Crippen LogP contribution in [-0.4, -0.2) is 38.4 Å². The zero-order chi connectivity index (χ0) is 18.2. The summed E-state index contributed by atoms with van der Waals surface area (Å²) in [5.74, 6) is 1.18. The molecule has 144 valence electrons. The van der Waals surface area contributed by atoms with E-state index in [1.807, 2.05) is 6.07 Å². The van der Waals surface area contributed by atoms with Crippen molar-refractivity contribution >= 4 is 17.5 Å². The lowest BCUT2D eigenvalue weighted by atomic mass is 9.98. The number of carbonyl (C=O) groups is 1. The number of benzene rings is 1. The number of nitrogens with one attached hydrogen (secondary N) is 1. The van der Waals surface area contributed by atoms with Gasteiger partial charge in [-0.15, -0.1) is 0 Å². The molecule has 1 aliphatic carbocycles. The van der Waals surface area contributed by atoms with Gasteiger partial charge in [0.15, 0.2) is 11.5 Å². The molecular weight excluding hydrogens is 354 g/mol. The number of fused-ring (bicyclic) bond motifs is 1. The van der Waals surface area contributed by atoms with Crippen molar-refractivity contribution in [2.45, 2.75) is 57.5 Å². The van der Waals surface area contributed by atoms with Gasteiger partial charge >= 0.3 is 0 Å². The Morgan fingerprint density at radius 3 is 2.81 bits per heavy atom. The molecule has 0 saturated heterocycles. The Hall–Kier alpha value is -1.46. The molecule has 1 aromatic rings. The predicted octanol–water partition coefficient (Wildman–Crippen LogP) is 3.90. The van der Waals surface area contributed by atoms with Gasteiger partial charge < -0.3 is 19.5 Å². The molecule has 1 amide bonds. The average molecular weight is 382 g/mol. The van der Waals surface area contributed by atoms with Gasteiger partial charge in [-0.2, -0.15) is 0 Å². The van der Waals surface area contributed by atoms with Crippen molar-refractivity contribution in [1.82, 2.24) is 5.32 Å². The number of ether oxygens (including phenoxy) is 3. The third kappa shape index (κ3) is 5.78. The van der Waals surface area contributed by atoms with Gasteiger partial charge in [-0.05, 0) is 37.0 Å². The van der Waals surface area contributed by atoms with Gasteiger partial charge in [0.05, 0.1) is 30.8 Å². The first-order valence-corrected chi connectivity index (χ1v) is 10.1. The van der Waals surface area contributed by atoms with Crippen LogP contribution < -0.4 is 14.8 Å². The molecule has 6 heteroatoms. The number of rotatable bonds is 7. The minimum absolute atomic E-state index is 0.0202. The fraction of sp³-hybridized carbons (Fsp3) is 0.650. The van der Waals surface area contributed by atoms with Crippen LogP contribution >= 0.6 is 11.6 Å². The van der Waals surface area contributed by atoms with Crippen LogP contribution in [0.4, 0.5) is 0 Å². The normalized spacial score (nSPS) is 17.6. The smallest absolute Gasteiger partial charge is 0.224 e. The van der Waals surface area contributed by atoms with Crippen LogP contribution in [-0.2, 0) is 16.0 Å². The summed E-state index contributed by atoms with van der Waals surface area (Å²) in [6.07, 6.45) is 8.60. The summed E-state index contributed by atoms with van der Waals surface area (Å²) in [4.78, 5) is 12.2. The van der Waals surface area contributed by atoms with E-state index < -0.39 is 0 Å². The van der Waals surface area contributed by atoms with Gasteiger partial charge in [-0.25, -0.2) is 0 Å². The molecule has 1 heterocycles. The first-order valence-electron chi connectivity index (χ1n) is 9.68. The van der Waals surface area contributed by atoms with E-state index >= 15 is 0 Å². The zero-order valence-corrected chi connectivity index (χ0v) is 16.0. The summed E-state index contributed by atoms with van der Waals surface area (Å²) in [6, 6.07) is 3.62. The second-order valence-electron chi connectivity index (χ2n) is 6.97. The minimum atomic E-state index is -0.0202. The quantitative estimate of drug-likeness (QED) is 0.728. The lowest BCUT2D eigenvalue weighted by molar-refractivity contribution is -0.120. The van der Waals surface area contributed by atoms with Gasteiger partial charge in [0.2, 0.25) is 5.91 Å². The van der Waals surface area contributed by atoms with Crippen LogP contribution in [0, 0.1) is 0 Å². The lowest BCUT2D eigenvalue weighted by Gasteiger charge is -2.21. The molecule has 1 N–H and O–H groups in total. The maximum Gasteiger partial charge on any atom is 0.224 e. The Kier molecular flexibility index (Phi) is 7.44. The molecule has 1 fully saturated rings. The summed E-state index contributed by atoms with van der Waals surface area (Å²) < 4.78 is 17.1. The molecule has 0 spiro atoms. The SMILES string of the molecule is O=C(Cc1cc(Cl)c2c(c1)OCCCO2)NCCCOC1CCCCC1. The summed E-state index contributed by atoms with van der Waals surface area (Å²) >= 11 is 6.27. The molecule has 0 bridgehead atoms. The zero-order valence-electron chi connectivity index (χ0n) is 15.2. The maximum absolute atomic E-state index is 12.2. The highest BCUT2D eigenvalue weighted by Gasteiger charge is 2.17. The molecular formula is C20H28ClNO4. The van der Waals surface area contributed by atoms with Gasteiger partial charge in [0.25, 0.3) is 0 Å². The summed E-state index contributed by atoms with van der Waals surface area (Å²) in [5.41, 5.74) is 0.829. The topological polar surface area (TPSA) is 56.8 Å². The Labute approximate surface area is 160 Å². The minimum Gasteiger partial charge on any atom is -0.489 e. The second-order valence-corrected chi connectivity index (χ2v) is 7.37. The molecule has 0 radical (unpaired) electrons. The lowest BCUT2D eigenvalue weighted by Crippen LogP contribution is -2.27. The van der Waals surface area contributed by atoms with E-state index in [-0.39, 0.29) is 12.3 Å². The van der Waals surface area contributed by atoms with E-state index in [1.54, 1.807) is 6.07 Å². The molecule has 26 heavy (non-hydrogen) atoms. The Balaban J connectivity index is 1.39. The molecule has 0 unspecified atom stereocenters. The monoisotopic (exact) mass is 381 g/mol. The van der Waals surface area contributed by atoms with Crippen LogP contribution in [0.1, 0.15) is 50.5 Å². The highest BCUT2D eigenvalue weighted by Crippen LogP contribution is 2.38. The summed E-state index contributed by atoms with van der Waals surface area (Å²) in [6.45, 7) is 2.53. The molecule has 1 aromatic carbocycles. The molecule has 1 saturated carbocycles. The van der Waals surface area contributed by atoms with Crippen molar-refractivity contribution in [1.29, 1.82) is 0 Å². The van der Waals surface area contributed by atoms with Gasteiger partial charge in [0, 0.05) is 19.6 Å². The predicted molar refractivity (Wildman–Crippen MR) is 101 cm³/mol. The van der Waals surface area contributed by atoms with E-state index in [0.29, 0.717) is 49.0 Å². The Bertz CT molecular complexity index is 602. The summed E-state index contributed by atoms with van der Waals surface area (Å²) in [5, 5.41) is 3.44. The van der Waals surface area contributed by atoms with E-state index in [9.17, 15) is 4.79 Å². The van der Waals surface area contributed by atoms with Crippen molar-refractivity contribution < 1.29 is 19.0 Å². The van der Waals surface area contributed by atoms with Crippen molar-refractivity contribution in [3.05, 3.63) is 22.7 Å². The van der Waals surface area contributed by atoms with Gasteiger partial charge in [-0.3, -0.25) is 4.79 Å². The summed E-state index contributed by atoms with van der Waals surface area (Å²) in [7, 11) is 0. The van der Waals surface area contributed by atoms with Crippen LogP contribution in [0.15, 0.2) is 12.1 Å². The van der Waals surface area contributed by atoms with Crippen LogP contribution in [0.25, 0.3) is 0 Å². The Morgan fingerprint density at radius 1 is 1.15 bits per heavy atom. The molecule has 0 aromatic heterocycles. The van der Waals surface area contributed by atoms with E-state index in [2.05, 4.69) is 5.32 Å². The molecule has 2 aliphatic rings. The standard InChI is InChI=1S/C20H28ClNO4/c21-17-12-15(13-18-20(17)26-11-5-10-25-18)14-19(23)22-8-4-9-24-16-6-2-1-3-7-16/h12-13,16H,1-11,14H2,(H,22,23). The van der Waals surface area contributed by atoms with Gasteiger partial charge in [-0.1, -0.05) is 30.9 Å². The number of carbonyl (C=O) groups excluding carboxylic acids is 1. The largest absolute Gasteiger partial charge is 0.489 e. The van der Waals surface area contributed by atoms with E-state index in [1.165, 1.54) is 32.1 Å². The number of amides is 1. The first-order chi connectivity index (χ1) is 12.7. The van der Waals surface area contributed by atoms with Crippen LogP contribution in [0.3, 0.4) is 0 Å². The van der Waals surface area contributed by atoms with Crippen molar-refractivity contribution in [2.24, 2.45) is 0 Å².